The second-order valence-corrected chi connectivity index (χ2v) is 9.69. The third-order valence-electron chi connectivity index (χ3n) is 4.79. The number of hydrogen-bond donors (Lipinski definition) is 5. The molecule has 0 fully saturated rings. The molecule has 0 aliphatic heterocycles. The Morgan fingerprint density at radius 2 is 1.39 bits per heavy atom. The van der Waals surface area contributed by atoms with Gasteiger partial charge in [0, 0.05) is 6.42 Å². The Hall–Kier alpha value is -1.02. The Bertz CT molecular complexity index is 711. The van der Waals surface area contributed by atoms with Crippen LogP contribution in [-0.4, -0.2) is 105 Å². The second-order valence-electron chi connectivity index (χ2n) is 8.09. The van der Waals surface area contributed by atoms with E-state index >= 15 is 0 Å². The van der Waals surface area contributed by atoms with E-state index in [0.29, 0.717) is 6.42 Å². The summed E-state index contributed by atoms with van der Waals surface area (Å²) in [4.78, 5) is 31.3. The molecule has 0 aromatic heterocycles. The van der Waals surface area contributed by atoms with Gasteiger partial charge in [-0.3, -0.25) is 18.9 Å². The molecule has 0 saturated heterocycles. The van der Waals surface area contributed by atoms with Gasteiger partial charge in [-0.05, 0) is 32.1 Å². The number of aliphatic hydroxyl groups is 2. The average Bonchev–Trinajstić information content (AvgIpc) is 2.78. The second kappa shape index (κ2) is 25.6. The zero-order valence-electron chi connectivity index (χ0n) is 20.5. The van der Waals surface area contributed by atoms with Crippen LogP contribution in [0.4, 0.5) is 0 Å². The molecule has 2 atom stereocenters. The molecule has 0 bridgehead atoms. The van der Waals surface area contributed by atoms with Crippen LogP contribution in [0, 0.1) is 0 Å². The number of rotatable bonds is 20. The molecule has 0 saturated carbocycles. The molecule has 0 spiro atoms. The molecule has 11 nitrogen and oxygen atoms in total. The van der Waals surface area contributed by atoms with Crippen LogP contribution in [0.5, 0.6) is 0 Å². The molecule has 36 heavy (non-hydrogen) atoms. The fraction of sp³-hybridized carbons (Fsp3) is 0.783. The van der Waals surface area contributed by atoms with Gasteiger partial charge in [0.2, 0.25) is 0 Å². The summed E-state index contributed by atoms with van der Waals surface area (Å²) in [6.07, 6.45) is 16.0. The number of carboxylic acid groups (broad SMARTS) is 2. The Balaban J connectivity index is -0.000000710. The van der Waals surface area contributed by atoms with E-state index in [1.165, 1.54) is 44.9 Å². The van der Waals surface area contributed by atoms with Crippen molar-refractivity contribution >= 4 is 57.6 Å². The van der Waals surface area contributed by atoms with Gasteiger partial charge in [-0.1, -0.05) is 57.6 Å². The maximum absolute atomic E-state index is 11.3. The number of allylic oxidation sites excluding steroid dienone is 2. The third-order valence-corrected chi connectivity index (χ3v) is 5.87. The number of carboxylic acids is 2. The fourth-order valence-corrected chi connectivity index (χ4v) is 3.39. The first-order chi connectivity index (χ1) is 16.4. The maximum atomic E-state index is 11.3. The monoisotopic (exact) mass is 550 g/mol. The average molecular weight is 551 g/mol. The number of aliphatic carboxylic acids is 2. The first-order valence-electron chi connectivity index (χ1n) is 12.0. The van der Waals surface area contributed by atoms with E-state index in [1.807, 2.05) is 0 Å². The number of aliphatic hydroxyl groups excluding tert-OH is 2. The van der Waals surface area contributed by atoms with Crippen molar-refractivity contribution in [2.24, 2.45) is 0 Å². The van der Waals surface area contributed by atoms with Gasteiger partial charge in [-0.15, -0.1) is 0 Å². The van der Waals surface area contributed by atoms with Gasteiger partial charge < -0.3 is 25.2 Å². The van der Waals surface area contributed by atoms with Crippen LogP contribution in [0.15, 0.2) is 12.2 Å². The van der Waals surface area contributed by atoms with Gasteiger partial charge in [0.25, 0.3) is 10.1 Å². The molecule has 0 rings (SSSR count). The third kappa shape index (κ3) is 27.6. The van der Waals surface area contributed by atoms with Crippen LogP contribution in [0.2, 0.25) is 0 Å². The van der Waals surface area contributed by atoms with Gasteiger partial charge in [0.1, 0.15) is 12.7 Å². The van der Waals surface area contributed by atoms with Crippen LogP contribution < -0.4 is 0 Å². The Morgan fingerprint density at radius 1 is 0.889 bits per heavy atom. The van der Waals surface area contributed by atoms with Crippen LogP contribution in [0.25, 0.3) is 0 Å². The van der Waals surface area contributed by atoms with Crippen molar-refractivity contribution in [3.63, 3.8) is 0 Å². The molecule has 13 heteroatoms. The van der Waals surface area contributed by atoms with Gasteiger partial charge in [-0.25, -0.2) is 0 Å². The van der Waals surface area contributed by atoms with Crippen LogP contribution in [0.1, 0.15) is 90.4 Å². The zero-order valence-corrected chi connectivity index (χ0v) is 21.3. The van der Waals surface area contributed by atoms with E-state index < -0.39 is 39.8 Å². The number of carbonyl (C=O) groups excluding carboxylic acids is 1. The van der Waals surface area contributed by atoms with E-state index in [-0.39, 0.29) is 48.7 Å². The summed E-state index contributed by atoms with van der Waals surface area (Å²) in [5, 5.41) is 31.6. The van der Waals surface area contributed by atoms with Crippen molar-refractivity contribution in [1.29, 1.82) is 0 Å². The minimum absolute atomic E-state index is 0. The zero-order chi connectivity index (χ0) is 27.1. The molecule has 0 aliphatic rings. The number of hydrogen-bond acceptors (Lipinski definition) is 8. The molecule has 0 amide bonds. The van der Waals surface area contributed by atoms with Crippen molar-refractivity contribution in [2.45, 2.75) is 102 Å². The molecule has 0 aromatic rings. The molecule has 0 aliphatic carbocycles. The van der Waals surface area contributed by atoms with Crippen LogP contribution in [0.3, 0.4) is 0 Å². The van der Waals surface area contributed by atoms with Crippen molar-refractivity contribution in [2.75, 3.05) is 13.2 Å². The summed E-state index contributed by atoms with van der Waals surface area (Å²) in [6.45, 7) is 1.75. The predicted octanol–water partition coefficient (Wildman–Crippen LogP) is 2.29. The molecule has 2 unspecified atom stereocenters. The van der Waals surface area contributed by atoms with Gasteiger partial charge in [0.15, 0.2) is 5.25 Å². The summed E-state index contributed by atoms with van der Waals surface area (Å²) in [6, 6.07) is 0. The summed E-state index contributed by atoms with van der Waals surface area (Å²) >= 11 is 0. The normalized spacial score (nSPS) is 12.7. The Morgan fingerprint density at radius 3 is 1.81 bits per heavy atom. The fourth-order valence-electron chi connectivity index (χ4n) is 2.78. The van der Waals surface area contributed by atoms with Crippen molar-refractivity contribution in [3.05, 3.63) is 12.2 Å². The van der Waals surface area contributed by atoms with Crippen molar-refractivity contribution < 1.29 is 52.5 Å². The Labute approximate surface area is 236 Å². The number of carbonyl (C=O) groups is 3. The summed E-state index contributed by atoms with van der Waals surface area (Å²) in [7, 11) is -4.84. The number of ether oxygens (including phenoxy) is 1. The van der Waals surface area contributed by atoms with E-state index in [0.717, 1.165) is 25.7 Å². The van der Waals surface area contributed by atoms with E-state index in [2.05, 4.69) is 19.1 Å². The Kier molecular flexibility index (Phi) is 28.1. The van der Waals surface area contributed by atoms with E-state index in [4.69, 9.17) is 29.7 Å². The molecular weight excluding hydrogens is 507 g/mol. The van der Waals surface area contributed by atoms with Crippen LogP contribution >= 0.6 is 0 Å². The topological polar surface area (TPSA) is 196 Å². The first-order valence-corrected chi connectivity index (χ1v) is 13.5. The molecule has 0 heterocycles. The molecule has 5 N–H and O–H groups in total. The first kappa shape index (κ1) is 39.5. The summed E-state index contributed by atoms with van der Waals surface area (Å²) in [5.41, 5.74) is 0. The van der Waals surface area contributed by atoms with Crippen LogP contribution in [-0.2, 0) is 29.2 Å². The standard InChI is InChI=1S/C19H36O4.C4H6O7S.Na.H/c1-2-3-4-5-6-7-8-9-10-11-12-13-14-15-19(22)23-17-18(21)16-20;5-3(6)1-2(4(7)8)12(9,10)11;;/h7-8,18,20-21H,2-6,9-17H2,1H3;2H,1H2,(H,5,6)(H,7,8)(H,9,10,11);;/b8-7-;;;. The SMILES string of the molecule is CCCCCC/C=C\CCCCCCCC(=O)OCC(O)CO.O=C(O)CC(C(=O)O)S(=O)(=O)O.[NaH]. The van der Waals surface area contributed by atoms with Gasteiger partial charge in [-0.2, -0.15) is 8.42 Å². The molecule has 0 radical (unpaired) electrons. The predicted molar refractivity (Wildman–Crippen MR) is 137 cm³/mol. The van der Waals surface area contributed by atoms with Crippen molar-refractivity contribution in [1.82, 2.24) is 0 Å². The number of unbranched alkanes of at least 4 members (excludes halogenated alkanes) is 9. The number of esters is 1. The minimum atomic E-state index is -4.84. The van der Waals surface area contributed by atoms with Gasteiger partial charge in [0.05, 0.1) is 13.0 Å². The molecule has 208 valence electrons. The van der Waals surface area contributed by atoms with E-state index in [9.17, 15) is 22.8 Å². The summed E-state index contributed by atoms with van der Waals surface area (Å²) in [5.74, 6) is -3.79. The van der Waals surface area contributed by atoms with E-state index in [1.54, 1.807) is 0 Å². The summed E-state index contributed by atoms with van der Waals surface area (Å²) < 4.78 is 33.5. The molecular formula is C23H43NaO11S. The molecule has 0 aromatic carbocycles. The quantitative estimate of drug-likeness (QED) is 0.0490. The van der Waals surface area contributed by atoms with Crippen molar-refractivity contribution in [3.8, 4) is 0 Å². The van der Waals surface area contributed by atoms with Gasteiger partial charge >= 0.3 is 47.5 Å².